The molecule has 96 valence electrons. The van der Waals surface area contributed by atoms with Crippen molar-refractivity contribution >= 4 is 28.1 Å². The minimum absolute atomic E-state index is 0.0118. The summed E-state index contributed by atoms with van der Waals surface area (Å²) >= 11 is 8.18. The second-order valence-corrected chi connectivity index (χ2v) is 4.89. The van der Waals surface area contributed by atoms with E-state index >= 15 is 0 Å². The Bertz CT molecular complexity index is 627. The molecular weight excluding hydrogens is 331 g/mol. The highest BCUT2D eigenvalue weighted by molar-refractivity contribution is 9.10. The predicted molar refractivity (Wildman–Crippen MR) is 66.2 cm³/mol. The summed E-state index contributed by atoms with van der Waals surface area (Å²) in [5, 5.41) is 2.24. The zero-order valence-corrected chi connectivity index (χ0v) is 11.4. The molecule has 1 N–H and O–H groups in total. The summed E-state index contributed by atoms with van der Waals surface area (Å²) in [5.41, 5.74) is -0.862. The Labute approximate surface area is 114 Å². The molecule has 0 bridgehead atoms. The van der Waals surface area contributed by atoms with E-state index in [1.807, 2.05) is 0 Å². The van der Waals surface area contributed by atoms with Crippen LogP contribution in [0.5, 0.6) is 0 Å². The van der Waals surface area contributed by atoms with Gasteiger partial charge in [-0.3, -0.25) is 5.10 Å². The minimum Gasteiger partial charge on any atom is -0.287 e. The highest BCUT2D eigenvalue weighted by Gasteiger charge is 2.35. The van der Waals surface area contributed by atoms with Gasteiger partial charge in [0.25, 0.3) is 0 Å². The quantitative estimate of drug-likeness (QED) is 0.797. The lowest BCUT2D eigenvalue weighted by Gasteiger charge is -2.04. The molecule has 18 heavy (non-hydrogen) atoms. The van der Waals surface area contributed by atoms with Gasteiger partial charge in [0.05, 0.1) is 0 Å². The van der Waals surface area contributed by atoms with Crippen LogP contribution in [-0.4, -0.2) is 14.8 Å². The number of alkyl halides is 3. The van der Waals surface area contributed by atoms with Crippen molar-refractivity contribution in [3.05, 3.63) is 38.7 Å². The molecule has 0 fully saturated rings. The van der Waals surface area contributed by atoms with E-state index in [-0.39, 0.29) is 10.2 Å². The molecule has 0 saturated carbocycles. The van der Waals surface area contributed by atoms with E-state index in [2.05, 4.69) is 26.0 Å². The summed E-state index contributed by atoms with van der Waals surface area (Å²) < 4.78 is 40.0. The second-order valence-electron chi connectivity index (χ2n) is 3.58. The van der Waals surface area contributed by atoms with Crippen LogP contribution in [0.3, 0.4) is 0 Å². The molecule has 3 nitrogen and oxygen atoms in total. The summed E-state index contributed by atoms with van der Waals surface area (Å²) in [7, 11) is 0. The molecule has 0 saturated heterocycles. The Morgan fingerprint density at radius 1 is 1.39 bits per heavy atom. The Morgan fingerprint density at radius 3 is 2.50 bits per heavy atom. The molecule has 2 heterocycles. The number of aromatic nitrogens is 3. The number of halogens is 4. The largest absolute Gasteiger partial charge is 0.433 e. The fourth-order valence-corrected chi connectivity index (χ4v) is 1.93. The van der Waals surface area contributed by atoms with Crippen LogP contribution >= 0.6 is 28.1 Å². The summed E-state index contributed by atoms with van der Waals surface area (Å²) in [6, 6.07) is 3.24. The minimum atomic E-state index is -4.46. The number of hydrogen-bond acceptors (Lipinski definition) is 2. The molecule has 8 heteroatoms. The first-order chi connectivity index (χ1) is 8.30. The number of nitrogens with zero attached hydrogens (tertiary/aromatic N) is 2. The van der Waals surface area contributed by atoms with Crippen LogP contribution in [0.2, 0.25) is 0 Å². The van der Waals surface area contributed by atoms with Gasteiger partial charge in [-0.05, 0) is 35.0 Å². The number of nitrogens with one attached hydrogen (secondary N) is 1. The molecule has 2 rings (SSSR count). The maximum Gasteiger partial charge on any atom is 0.433 e. The molecule has 0 aliphatic heterocycles. The van der Waals surface area contributed by atoms with Crippen molar-refractivity contribution < 1.29 is 13.2 Å². The Morgan fingerprint density at radius 2 is 2.06 bits per heavy atom. The van der Waals surface area contributed by atoms with E-state index in [1.54, 1.807) is 12.1 Å². The fraction of sp³-hybridized carbons (Fsp3) is 0.200. The van der Waals surface area contributed by atoms with Crippen molar-refractivity contribution in [1.82, 2.24) is 14.8 Å². The highest BCUT2D eigenvalue weighted by Crippen LogP contribution is 2.31. The van der Waals surface area contributed by atoms with E-state index in [0.29, 0.717) is 5.82 Å². The van der Waals surface area contributed by atoms with E-state index in [9.17, 15) is 13.2 Å². The number of hydrogen-bond donors (Lipinski definition) is 1. The van der Waals surface area contributed by atoms with Gasteiger partial charge < -0.3 is 0 Å². The van der Waals surface area contributed by atoms with Gasteiger partial charge in [0.15, 0.2) is 5.82 Å². The van der Waals surface area contributed by atoms with Crippen LogP contribution in [0.4, 0.5) is 13.2 Å². The number of aromatic amines is 1. The van der Waals surface area contributed by atoms with Gasteiger partial charge in [-0.15, -0.1) is 0 Å². The second kappa shape index (κ2) is 4.51. The Kier molecular flexibility index (Phi) is 3.33. The zero-order chi connectivity index (χ0) is 13.5. The monoisotopic (exact) mass is 337 g/mol. The number of rotatable bonds is 1. The van der Waals surface area contributed by atoms with Gasteiger partial charge in [-0.2, -0.15) is 13.2 Å². The third kappa shape index (κ3) is 2.35. The summed E-state index contributed by atoms with van der Waals surface area (Å²) in [6.45, 7) is 1.33. The molecule has 2 aromatic heterocycles. The predicted octanol–water partition coefficient (Wildman–Crippen LogP) is 4.02. The van der Waals surface area contributed by atoms with E-state index in [0.717, 1.165) is 9.15 Å². The number of pyridine rings is 1. The lowest BCUT2D eigenvalue weighted by atomic mass is 10.3. The molecule has 2 aromatic rings. The van der Waals surface area contributed by atoms with Crippen LogP contribution in [0, 0.1) is 11.6 Å². The first kappa shape index (κ1) is 13.3. The van der Waals surface area contributed by atoms with Gasteiger partial charge in [0.2, 0.25) is 0 Å². The Hall–Kier alpha value is -1.15. The molecule has 0 amide bonds. The van der Waals surface area contributed by atoms with Crippen LogP contribution < -0.4 is 0 Å². The standard InChI is InChI=1S/C10H7BrF3N3S/c1-5-8(10(12,13)14)16-17(9(5)18)7-3-2-6(11)4-15-7/h2-4,16H,1H3. The van der Waals surface area contributed by atoms with E-state index in [4.69, 9.17) is 12.2 Å². The van der Waals surface area contributed by atoms with Crippen molar-refractivity contribution in [2.24, 2.45) is 0 Å². The SMILES string of the molecule is Cc1c(C(F)(F)F)[nH]n(-c2ccc(Br)cn2)c1=S. The molecular formula is C10H7BrF3N3S. The van der Waals surface area contributed by atoms with Crippen LogP contribution in [0.15, 0.2) is 22.8 Å². The fourth-order valence-electron chi connectivity index (χ4n) is 1.46. The maximum atomic E-state index is 12.7. The Balaban J connectivity index is 2.60. The van der Waals surface area contributed by atoms with Crippen LogP contribution in [-0.2, 0) is 6.18 Å². The van der Waals surface area contributed by atoms with Crippen molar-refractivity contribution in [3.8, 4) is 5.82 Å². The topological polar surface area (TPSA) is 33.6 Å². The lowest BCUT2D eigenvalue weighted by Crippen LogP contribution is -2.09. The summed E-state index contributed by atoms with van der Waals surface area (Å²) in [4.78, 5) is 4.00. The summed E-state index contributed by atoms with van der Waals surface area (Å²) in [6.07, 6.45) is -2.97. The smallest absolute Gasteiger partial charge is 0.287 e. The molecule has 0 atom stereocenters. The molecule has 0 aliphatic carbocycles. The molecule has 0 spiro atoms. The van der Waals surface area contributed by atoms with Crippen molar-refractivity contribution in [2.75, 3.05) is 0 Å². The van der Waals surface area contributed by atoms with Gasteiger partial charge in [-0.1, -0.05) is 12.2 Å². The lowest BCUT2D eigenvalue weighted by molar-refractivity contribution is -0.141. The van der Waals surface area contributed by atoms with Crippen molar-refractivity contribution in [3.63, 3.8) is 0 Å². The molecule has 0 unspecified atom stereocenters. The van der Waals surface area contributed by atoms with Gasteiger partial charge in [0, 0.05) is 16.2 Å². The van der Waals surface area contributed by atoms with Crippen molar-refractivity contribution in [2.45, 2.75) is 13.1 Å². The first-order valence-corrected chi connectivity index (χ1v) is 6.01. The zero-order valence-electron chi connectivity index (χ0n) is 9.05. The maximum absolute atomic E-state index is 12.7. The van der Waals surface area contributed by atoms with Gasteiger partial charge in [0.1, 0.15) is 10.3 Å². The van der Waals surface area contributed by atoms with Gasteiger partial charge in [-0.25, -0.2) is 9.67 Å². The van der Waals surface area contributed by atoms with Gasteiger partial charge >= 0.3 is 6.18 Å². The highest BCUT2D eigenvalue weighted by atomic mass is 79.9. The normalized spacial score (nSPS) is 11.8. The molecule has 0 aromatic carbocycles. The summed E-state index contributed by atoms with van der Waals surface area (Å²) in [5.74, 6) is 0.307. The molecule has 0 radical (unpaired) electrons. The number of H-pyrrole nitrogens is 1. The average Bonchev–Trinajstić information content (AvgIpc) is 2.57. The van der Waals surface area contributed by atoms with E-state index < -0.39 is 11.9 Å². The first-order valence-electron chi connectivity index (χ1n) is 4.81. The average molecular weight is 338 g/mol. The van der Waals surface area contributed by atoms with Crippen LogP contribution in [0.25, 0.3) is 5.82 Å². The van der Waals surface area contributed by atoms with Crippen molar-refractivity contribution in [1.29, 1.82) is 0 Å². The van der Waals surface area contributed by atoms with Crippen LogP contribution in [0.1, 0.15) is 11.3 Å². The third-order valence-electron chi connectivity index (χ3n) is 2.35. The van der Waals surface area contributed by atoms with E-state index in [1.165, 1.54) is 13.1 Å². The third-order valence-corrected chi connectivity index (χ3v) is 3.30. The molecule has 0 aliphatic rings.